The number of hydrogen-bond acceptors (Lipinski definition) is 14. The zero-order valence-electron chi connectivity index (χ0n) is 44.7. The van der Waals surface area contributed by atoms with Crippen LogP contribution >= 0.6 is 0 Å². The molecule has 10 rings (SSSR count). The van der Waals surface area contributed by atoms with Gasteiger partial charge in [0.05, 0.1) is 55.8 Å². The molecule has 0 spiro atoms. The molecule has 6 aliphatic carbocycles. The smallest absolute Gasteiger partial charge is 0.870 e. The Morgan fingerprint density at radius 1 is 0.638 bits per heavy atom. The monoisotopic (exact) mass is 969 g/mol. The van der Waals surface area contributed by atoms with Gasteiger partial charge in [-0.05, 0) is 141 Å². The summed E-state index contributed by atoms with van der Waals surface area (Å²) in [4.78, 5) is 53.2. The molecule has 0 radical (unpaired) electrons. The maximum atomic E-state index is 12.8. The molecule has 4 saturated heterocycles. The molecule has 0 unspecified atom stereocenters. The fourth-order valence-electron chi connectivity index (χ4n) is 13.9. The Bertz CT molecular complexity index is 1850. The summed E-state index contributed by atoms with van der Waals surface area (Å²) >= 11 is 0. The average Bonchev–Trinajstić information content (AvgIpc) is 3.98. The van der Waals surface area contributed by atoms with Crippen molar-refractivity contribution in [2.24, 2.45) is 46.3 Å². The van der Waals surface area contributed by atoms with Gasteiger partial charge in [0.15, 0.2) is 0 Å². The van der Waals surface area contributed by atoms with Crippen molar-refractivity contribution < 1.29 is 90.9 Å². The first-order valence-corrected chi connectivity index (χ1v) is 25.1. The van der Waals surface area contributed by atoms with Gasteiger partial charge in [-0.3, -0.25) is 9.80 Å². The number of amides is 2. The van der Waals surface area contributed by atoms with Gasteiger partial charge in [0.1, 0.15) is 23.3 Å². The van der Waals surface area contributed by atoms with Gasteiger partial charge in [-0.1, -0.05) is 40.5 Å². The molecule has 4 heterocycles. The van der Waals surface area contributed by atoms with Crippen molar-refractivity contribution in [3.8, 4) is 0 Å². The molecule has 10 aliphatic rings. The quantitative estimate of drug-likeness (QED) is 0.161. The van der Waals surface area contributed by atoms with Gasteiger partial charge < -0.3 is 52.9 Å². The van der Waals surface area contributed by atoms with Gasteiger partial charge in [0.25, 0.3) is 0 Å². The molecule has 69 heavy (non-hydrogen) atoms. The Balaban J connectivity index is 0.000000250. The Kier molecular flexibility index (Phi) is 17.6. The molecule has 0 aromatic heterocycles. The molecule has 0 aromatic rings. The van der Waals surface area contributed by atoms with Gasteiger partial charge in [-0.15, -0.1) is 0 Å². The second-order valence-electron chi connectivity index (χ2n) is 24.6. The van der Waals surface area contributed by atoms with Crippen LogP contribution in [0.5, 0.6) is 0 Å². The van der Waals surface area contributed by atoms with Crippen molar-refractivity contribution in [1.29, 1.82) is 0 Å². The number of aliphatic carboxylic acids is 1. The molecule has 10 fully saturated rings. The van der Waals surface area contributed by atoms with E-state index in [-0.39, 0.29) is 92.6 Å². The predicted octanol–water partition coefficient (Wildman–Crippen LogP) is 4.58. The van der Waals surface area contributed by atoms with Gasteiger partial charge >= 0.3 is 57.2 Å². The third kappa shape index (κ3) is 11.1. The number of carbonyl (C=O) groups excluding carboxylic acids is 3. The Morgan fingerprint density at radius 3 is 1.35 bits per heavy atom. The maximum absolute atomic E-state index is 12.8. The Labute approximate surface area is 424 Å². The number of nitrogens with zero attached hydrogens (tertiary/aromatic N) is 2. The number of rotatable bonds is 12. The molecule has 14 atom stereocenters. The van der Waals surface area contributed by atoms with Crippen LogP contribution in [0.4, 0.5) is 9.59 Å². The van der Waals surface area contributed by atoms with Crippen LogP contribution in [-0.2, 0) is 51.9 Å². The summed E-state index contributed by atoms with van der Waals surface area (Å²) in [5.41, 5.74) is -1.18. The number of carboxylic acids is 1. The van der Waals surface area contributed by atoms with Crippen LogP contribution in [0.1, 0.15) is 134 Å². The fourth-order valence-corrected chi connectivity index (χ4v) is 13.9. The van der Waals surface area contributed by atoms with Crippen LogP contribution < -0.4 is 18.9 Å². The number of carbonyl (C=O) groups is 4. The first-order valence-electron chi connectivity index (χ1n) is 25.1. The van der Waals surface area contributed by atoms with Crippen LogP contribution in [0.2, 0.25) is 12.6 Å². The molecular formula is C49H83B2LiN2O15. The molecule has 386 valence electrons. The van der Waals surface area contributed by atoms with Crippen LogP contribution in [0.25, 0.3) is 0 Å². The maximum Gasteiger partial charge on any atom is 1.00 e. The average molecular weight is 969 g/mol. The molecule has 17 nitrogen and oxygen atoms in total. The third-order valence-electron chi connectivity index (χ3n) is 17.7. The minimum atomic E-state index is -1.03. The number of esters is 1. The fraction of sp³-hybridized carbons (Fsp3) is 0.918. The van der Waals surface area contributed by atoms with Crippen molar-refractivity contribution in [2.45, 2.75) is 206 Å². The second-order valence-corrected chi connectivity index (χ2v) is 24.6. The van der Waals surface area contributed by atoms with E-state index in [9.17, 15) is 24.3 Å². The van der Waals surface area contributed by atoms with Crippen LogP contribution in [-0.4, -0.2) is 152 Å². The third-order valence-corrected chi connectivity index (χ3v) is 17.7. The number of methoxy groups -OCH3 is 3. The Morgan fingerprint density at radius 2 is 1.01 bits per heavy atom. The van der Waals surface area contributed by atoms with Crippen molar-refractivity contribution in [2.75, 3.05) is 34.4 Å². The van der Waals surface area contributed by atoms with E-state index in [4.69, 9.17) is 42.3 Å². The zero-order valence-corrected chi connectivity index (χ0v) is 44.7. The zero-order chi connectivity index (χ0) is 49.4. The molecule has 0 aromatic carbocycles. The molecule has 4 aliphatic heterocycles. The number of ether oxygens (including phenoxy) is 5. The van der Waals surface area contributed by atoms with Crippen LogP contribution in [0.3, 0.4) is 0 Å². The van der Waals surface area contributed by atoms with Gasteiger partial charge in [-0.2, -0.15) is 0 Å². The van der Waals surface area contributed by atoms with E-state index in [1.165, 1.54) is 29.8 Å². The number of likely N-dealkylation sites (tertiary alicyclic amines) is 2. The van der Waals surface area contributed by atoms with E-state index >= 15 is 0 Å². The van der Waals surface area contributed by atoms with E-state index in [1.54, 1.807) is 35.0 Å². The summed E-state index contributed by atoms with van der Waals surface area (Å²) in [6.45, 7) is 25.1. The predicted molar refractivity (Wildman–Crippen MR) is 252 cm³/mol. The van der Waals surface area contributed by atoms with Crippen molar-refractivity contribution in [3.63, 3.8) is 0 Å². The largest absolute Gasteiger partial charge is 1.00 e. The summed E-state index contributed by atoms with van der Waals surface area (Å²) in [5.74, 6) is 0.515. The number of hydrogen-bond donors (Lipinski definition) is 1. The van der Waals surface area contributed by atoms with Crippen molar-refractivity contribution in [3.05, 3.63) is 0 Å². The first kappa shape index (κ1) is 57.8. The van der Waals surface area contributed by atoms with Gasteiger partial charge in [0.2, 0.25) is 0 Å². The summed E-state index contributed by atoms with van der Waals surface area (Å²) in [6.07, 6.45) is 7.42. The summed E-state index contributed by atoms with van der Waals surface area (Å²) in [6, 6.07) is -1.70. The first-order chi connectivity index (χ1) is 31.1. The van der Waals surface area contributed by atoms with Crippen LogP contribution in [0, 0.1) is 46.3 Å². The van der Waals surface area contributed by atoms with E-state index in [1.807, 2.05) is 20.8 Å². The van der Waals surface area contributed by atoms with E-state index in [0.717, 1.165) is 37.9 Å². The van der Waals surface area contributed by atoms with E-state index < -0.39 is 47.4 Å². The second kappa shape index (κ2) is 21.0. The number of carboxylic acid groups (broad SMARTS) is 1. The standard InChI is InChI=1S/C25H42BNO7.C24H40BNO7.Li.H2O/c1-23(2,3)32-22(29)27-14-17(30-7)16(20(27)21(28)31-8)10-9-11-26-33-19-13-15-12-18(24(15,4)5)25(19,6)34-26;1-22(2,3)31-21(29)26-13-16(30-7)15(19(26)20(27)28)9-8-10-25-32-18-12-14-11-17(23(14,4)5)24(18,6)33-25;;/h15-20H,9-14H2,1-8H3;14-19H,8-13H2,1-7H3,(H,27,28);;1H2/q;;+1;/p-1/t15-,16+,17-,18-,19+,20-,25-;14-,15+,16-,17-,18+,19-,24-;;/m00../s1. The van der Waals surface area contributed by atoms with Crippen molar-refractivity contribution in [1.82, 2.24) is 9.80 Å². The molecule has 4 bridgehead atoms. The van der Waals surface area contributed by atoms with Crippen molar-refractivity contribution >= 4 is 38.4 Å². The van der Waals surface area contributed by atoms with Crippen LogP contribution in [0.15, 0.2) is 0 Å². The molecule has 20 heteroatoms. The molecule has 6 saturated carbocycles. The summed E-state index contributed by atoms with van der Waals surface area (Å²) in [5, 5.41) is 9.93. The molecule has 2 N–H and O–H groups in total. The SMILES string of the molecule is COC(=O)[C@@H]1[C@H](CCCB2O[C@@H]3C[C@@H]4C[C@@H](C4(C)C)[C@]3(C)O2)[C@@H](OC)CN1C(=O)OC(C)(C)C.CO[C@H]1CN(C(=O)OC(C)(C)C)[C@H](C(=O)O)[C@@H]1CCCB1O[C@@H]2C[C@@H]3C[C@@H](C3(C)C)[C@]2(C)O1.[Li+].[OH-]. The van der Waals surface area contributed by atoms with Gasteiger partial charge in [0, 0.05) is 26.1 Å². The minimum Gasteiger partial charge on any atom is -0.870 e. The normalized spacial score (nSPS) is 37.7. The Hall–Kier alpha value is -2.07. The van der Waals surface area contributed by atoms with E-state index in [2.05, 4.69) is 41.5 Å². The molecular weight excluding hydrogens is 885 g/mol. The van der Waals surface area contributed by atoms with E-state index in [0.29, 0.717) is 54.3 Å². The summed E-state index contributed by atoms with van der Waals surface area (Å²) < 4.78 is 53.1. The van der Waals surface area contributed by atoms with Gasteiger partial charge in [-0.25, -0.2) is 19.2 Å². The topological polar surface area (TPSA) is 208 Å². The minimum absolute atomic E-state index is 0. The molecule has 2 amide bonds. The summed E-state index contributed by atoms with van der Waals surface area (Å²) in [7, 11) is 4.04.